The summed E-state index contributed by atoms with van der Waals surface area (Å²) in [6.45, 7) is 2.01. The van der Waals surface area contributed by atoms with Gasteiger partial charge in [0.2, 0.25) is 0 Å². The topological polar surface area (TPSA) is 56.5 Å². The number of rotatable bonds is 3. The first kappa shape index (κ1) is 7.94. The zero-order valence-corrected chi connectivity index (χ0v) is 6.17. The molecule has 1 saturated heterocycles. The lowest BCUT2D eigenvalue weighted by Crippen LogP contribution is -2.35. The first-order valence-corrected chi connectivity index (χ1v) is 3.41. The van der Waals surface area contributed by atoms with E-state index in [-0.39, 0.29) is 12.1 Å². The van der Waals surface area contributed by atoms with Crippen molar-refractivity contribution in [2.75, 3.05) is 27.0 Å². The fraction of sp³-hybridized carbons (Fsp3) is 1.00. The van der Waals surface area contributed by atoms with Crippen LogP contribution in [0, 0.1) is 0 Å². The van der Waals surface area contributed by atoms with E-state index >= 15 is 0 Å². The zero-order valence-electron chi connectivity index (χ0n) is 6.17. The second-order valence-corrected chi connectivity index (χ2v) is 2.43. The van der Waals surface area contributed by atoms with E-state index < -0.39 is 0 Å². The third-order valence-electron chi connectivity index (χ3n) is 1.60. The smallest absolute Gasteiger partial charge is 0.146 e. The molecule has 60 valence electrons. The van der Waals surface area contributed by atoms with Gasteiger partial charge in [-0.1, -0.05) is 0 Å². The first-order valence-electron chi connectivity index (χ1n) is 3.41. The van der Waals surface area contributed by atoms with E-state index in [1.807, 2.05) is 0 Å². The van der Waals surface area contributed by atoms with Gasteiger partial charge in [0, 0.05) is 26.2 Å². The molecule has 1 heterocycles. The largest absolute Gasteiger partial charge is 0.359 e. The Morgan fingerprint density at radius 3 is 2.90 bits per heavy atom. The number of hydrogen-bond acceptors (Lipinski definition) is 4. The molecule has 1 rings (SSSR count). The lowest BCUT2D eigenvalue weighted by Gasteiger charge is -2.13. The molecule has 0 amide bonds. The molecule has 3 N–H and O–H groups in total. The van der Waals surface area contributed by atoms with Crippen LogP contribution in [0.3, 0.4) is 0 Å². The Morgan fingerprint density at radius 2 is 2.40 bits per heavy atom. The van der Waals surface area contributed by atoms with Gasteiger partial charge in [-0.25, -0.2) is 0 Å². The summed E-state index contributed by atoms with van der Waals surface area (Å²) >= 11 is 0. The third-order valence-corrected chi connectivity index (χ3v) is 1.60. The van der Waals surface area contributed by atoms with Crippen LogP contribution in [-0.4, -0.2) is 39.1 Å². The van der Waals surface area contributed by atoms with Crippen molar-refractivity contribution in [3.05, 3.63) is 0 Å². The molecular weight excluding hydrogens is 132 g/mol. The van der Waals surface area contributed by atoms with Gasteiger partial charge in [-0.3, -0.25) is 0 Å². The van der Waals surface area contributed by atoms with Gasteiger partial charge in [-0.05, 0) is 0 Å². The average Bonchev–Trinajstić information content (AvgIpc) is 2.31. The van der Waals surface area contributed by atoms with Crippen LogP contribution in [0.5, 0.6) is 0 Å². The summed E-state index contributed by atoms with van der Waals surface area (Å²) in [7, 11) is 1.61. The molecule has 0 aromatic rings. The summed E-state index contributed by atoms with van der Waals surface area (Å²) in [5, 5.41) is 3.13. The van der Waals surface area contributed by atoms with E-state index in [1.165, 1.54) is 0 Å². The SMILES string of the molecule is COCO[C@@H]1CNC[C@@H]1N. The molecule has 0 aliphatic carbocycles. The predicted octanol–water partition coefficient (Wildman–Crippen LogP) is -1.09. The van der Waals surface area contributed by atoms with Crippen LogP contribution in [0.1, 0.15) is 0 Å². The normalized spacial score (nSPS) is 33.0. The maximum absolute atomic E-state index is 5.68. The summed E-state index contributed by atoms with van der Waals surface area (Å²) in [5.41, 5.74) is 5.68. The highest BCUT2D eigenvalue weighted by Gasteiger charge is 2.23. The Hall–Kier alpha value is -0.160. The van der Waals surface area contributed by atoms with Crippen molar-refractivity contribution < 1.29 is 9.47 Å². The fourth-order valence-corrected chi connectivity index (χ4v) is 1.01. The van der Waals surface area contributed by atoms with Crippen LogP contribution < -0.4 is 11.1 Å². The van der Waals surface area contributed by atoms with Crippen LogP contribution in [0.4, 0.5) is 0 Å². The Morgan fingerprint density at radius 1 is 1.60 bits per heavy atom. The minimum atomic E-state index is 0.121. The molecule has 2 atom stereocenters. The summed E-state index contributed by atoms with van der Waals surface area (Å²) < 4.78 is 10.0. The number of ether oxygens (including phenoxy) is 2. The summed E-state index contributed by atoms with van der Waals surface area (Å²) in [4.78, 5) is 0. The highest BCUT2D eigenvalue weighted by molar-refractivity contribution is 4.84. The summed E-state index contributed by atoms with van der Waals surface area (Å²) in [5.74, 6) is 0. The second-order valence-electron chi connectivity index (χ2n) is 2.43. The van der Waals surface area contributed by atoms with E-state index in [0.29, 0.717) is 6.79 Å². The molecule has 0 aromatic heterocycles. The molecule has 0 bridgehead atoms. The van der Waals surface area contributed by atoms with Gasteiger partial charge < -0.3 is 20.5 Å². The van der Waals surface area contributed by atoms with Gasteiger partial charge in [0.1, 0.15) is 6.79 Å². The molecule has 0 spiro atoms. The predicted molar refractivity (Wildman–Crippen MR) is 37.6 cm³/mol. The molecule has 0 radical (unpaired) electrons. The Balaban J connectivity index is 2.14. The lowest BCUT2D eigenvalue weighted by molar-refractivity contribution is -0.0685. The molecule has 1 aliphatic heterocycles. The molecular formula is C6H14N2O2. The molecule has 4 heteroatoms. The quantitative estimate of drug-likeness (QED) is 0.496. The van der Waals surface area contributed by atoms with Crippen molar-refractivity contribution in [3.8, 4) is 0 Å². The highest BCUT2D eigenvalue weighted by atomic mass is 16.7. The van der Waals surface area contributed by atoms with E-state index in [9.17, 15) is 0 Å². The number of methoxy groups -OCH3 is 1. The first-order chi connectivity index (χ1) is 4.84. The van der Waals surface area contributed by atoms with Crippen molar-refractivity contribution in [2.24, 2.45) is 5.73 Å². The van der Waals surface area contributed by atoms with Gasteiger partial charge in [-0.15, -0.1) is 0 Å². The third kappa shape index (κ3) is 1.91. The van der Waals surface area contributed by atoms with Crippen molar-refractivity contribution in [3.63, 3.8) is 0 Å². The van der Waals surface area contributed by atoms with Gasteiger partial charge in [0.05, 0.1) is 6.10 Å². The van der Waals surface area contributed by atoms with Gasteiger partial charge in [-0.2, -0.15) is 0 Å². The number of nitrogens with one attached hydrogen (secondary N) is 1. The van der Waals surface area contributed by atoms with Gasteiger partial charge in [0.15, 0.2) is 0 Å². The van der Waals surface area contributed by atoms with Gasteiger partial charge >= 0.3 is 0 Å². The van der Waals surface area contributed by atoms with E-state index in [2.05, 4.69) is 5.32 Å². The second kappa shape index (κ2) is 3.88. The zero-order chi connectivity index (χ0) is 7.40. The molecule has 1 aliphatic rings. The van der Waals surface area contributed by atoms with Crippen molar-refractivity contribution >= 4 is 0 Å². The maximum Gasteiger partial charge on any atom is 0.146 e. The average molecular weight is 146 g/mol. The van der Waals surface area contributed by atoms with Crippen LogP contribution >= 0.6 is 0 Å². The molecule has 4 nitrogen and oxygen atoms in total. The van der Waals surface area contributed by atoms with Crippen LogP contribution in [0.15, 0.2) is 0 Å². The van der Waals surface area contributed by atoms with E-state index in [0.717, 1.165) is 13.1 Å². The number of nitrogens with two attached hydrogens (primary N) is 1. The Kier molecular flexibility index (Phi) is 3.08. The standard InChI is InChI=1S/C6H14N2O2/c1-9-4-10-6-3-8-2-5(6)7/h5-6,8H,2-4,7H2,1H3/t5-,6+/m0/s1. The van der Waals surface area contributed by atoms with Crippen molar-refractivity contribution in [2.45, 2.75) is 12.1 Å². The fourth-order valence-electron chi connectivity index (χ4n) is 1.01. The van der Waals surface area contributed by atoms with E-state index in [1.54, 1.807) is 7.11 Å². The maximum atomic E-state index is 5.68. The molecule has 0 saturated carbocycles. The Labute approximate surface area is 60.7 Å². The molecule has 1 fully saturated rings. The van der Waals surface area contributed by atoms with Crippen LogP contribution in [0.2, 0.25) is 0 Å². The number of hydrogen-bond donors (Lipinski definition) is 2. The lowest BCUT2D eigenvalue weighted by atomic mass is 10.2. The van der Waals surface area contributed by atoms with Crippen molar-refractivity contribution in [1.29, 1.82) is 0 Å². The molecule has 0 aromatic carbocycles. The summed E-state index contributed by atoms with van der Waals surface area (Å²) in [6, 6.07) is 0.121. The van der Waals surface area contributed by atoms with E-state index in [4.69, 9.17) is 15.2 Å². The summed E-state index contributed by atoms with van der Waals surface area (Å²) in [6.07, 6.45) is 0.125. The van der Waals surface area contributed by atoms with Crippen molar-refractivity contribution in [1.82, 2.24) is 5.32 Å². The van der Waals surface area contributed by atoms with Gasteiger partial charge in [0.25, 0.3) is 0 Å². The highest BCUT2D eigenvalue weighted by Crippen LogP contribution is 2.01. The minimum Gasteiger partial charge on any atom is -0.359 e. The molecule has 0 unspecified atom stereocenters. The van der Waals surface area contributed by atoms with Crippen LogP contribution in [0.25, 0.3) is 0 Å². The Bertz CT molecular complexity index is 99.7. The van der Waals surface area contributed by atoms with Crippen LogP contribution in [-0.2, 0) is 9.47 Å². The minimum absolute atomic E-state index is 0.121. The monoisotopic (exact) mass is 146 g/mol. The molecule has 10 heavy (non-hydrogen) atoms.